The molecular weight excluding hydrogens is 436 g/mol. The smallest absolute Gasteiger partial charge is 0.265 e. The zero-order chi connectivity index (χ0) is 24.0. The predicted molar refractivity (Wildman–Crippen MR) is 138 cm³/mol. The van der Waals surface area contributed by atoms with Gasteiger partial charge in [-0.3, -0.25) is 9.59 Å². The summed E-state index contributed by atoms with van der Waals surface area (Å²) in [7, 11) is 0. The molecule has 35 heavy (non-hydrogen) atoms. The summed E-state index contributed by atoms with van der Waals surface area (Å²) in [6.45, 7) is 0.410. The van der Waals surface area contributed by atoms with Gasteiger partial charge in [0.25, 0.3) is 11.8 Å². The van der Waals surface area contributed by atoms with Crippen LogP contribution in [0, 0.1) is 0 Å². The number of hydrogen-bond acceptors (Lipinski definition) is 3. The van der Waals surface area contributed by atoms with E-state index in [1.165, 1.54) is 11.1 Å². The number of ether oxygens (including phenoxy) is 1. The van der Waals surface area contributed by atoms with Crippen molar-refractivity contribution in [1.29, 1.82) is 0 Å². The van der Waals surface area contributed by atoms with Crippen molar-refractivity contribution >= 4 is 23.2 Å². The fourth-order valence-corrected chi connectivity index (χ4v) is 4.18. The molecule has 0 bridgehead atoms. The highest BCUT2D eigenvalue weighted by Gasteiger charge is 2.26. The molecule has 5 nitrogen and oxygen atoms in total. The van der Waals surface area contributed by atoms with Gasteiger partial charge < -0.3 is 15.0 Å². The third-order valence-corrected chi connectivity index (χ3v) is 6.11. The first-order valence-electron chi connectivity index (χ1n) is 11.7. The molecule has 1 heterocycles. The van der Waals surface area contributed by atoms with E-state index in [2.05, 4.69) is 29.6 Å². The molecule has 5 heteroatoms. The summed E-state index contributed by atoms with van der Waals surface area (Å²) in [6, 6.07) is 33.3. The van der Waals surface area contributed by atoms with Crippen molar-refractivity contribution < 1.29 is 14.3 Å². The van der Waals surface area contributed by atoms with Crippen molar-refractivity contribution in [2.75, 3.05) is 16.8 Å². The predicted octanol–water partition coefficient (Wildman–Crippen LogP) is 5.65. The molecule has 0 spiro atoms. The third kappa shape index (κ3) is 5.41. The second kappa shape index (κ2) is 10.3. The Balaban J connectivity index is 1.24. The number of carbonyl (C=O) groups is 2. The maximum absolute atomic E-state index is 12.9. The lowest BCUT2D eigenvalue weighted by Crippen LogP contribution is -2.38. The lowest BCUT2D eigenvalue weighted by molar-refractivity contribution is -0.121. The number of anilines is 2. The van der Waals surface area contributed by atoms with Crippen molar-refractivity contribution in [2.45, 2.75) is 19.4 Å². The molecule has 0 unspecified atom stereocenters. The molecule has 0 atom stereocenters. The minimum atomic E-state index is -0.222. The Morgan fingerprint density at radius 1 is 0.771 bits per heavy atom. The molecule has 4 aromatic carbocycles. The fourth-order valence-electron chi connectivity index (χ4n) is 4.18. The van der Waals surface area contributed by atoms with Crippen molar-refractivity contribution in [1.82, 2.24) is 0 Å². The minimum absolute atomic E-state index is 0.0463. The van der Waals surface area contributed by atoms with Crippen LogP contribution >= 0.6 is 0 Å². The molecule has 0 saturated heterocycles. The highest BCUT2D eigenvalue weighted by molar-refractivity contribution is 6.06. The van der Waals surface area contributed by atoms with Crippen LogP contribution in [0.5, 0.6) is 5.75 Å². The SMILES string of the molecule is O=C(Nc1ccc(CCc2ccccc2)cc1)c1ccc2c(c1)OCC(=O)N2Cc1ccccc1. The van der Waals surface area contributed by atoms with Crippen LogP contribution < -0.4 is 15.0 Å². The van der Waals surface area contributed by atoms with E-state index in [9.17, 15) is 9.59 Å². The molecule has 1 aliphatic heterocycles. The summed E-state index contributed by atoms with van der Waals surface area (Å²) in [4.78, 5) is 27.1. The topological polar surface area (TPSA) is 58.6 Å². The fraction of sp³-hybridized carbons (Fsp3) is 0.133. The highest BCUT2D eigenvalue weighted by atomic mass is 16.5. The van der Waals surface area contributed by atoms with Gasteiger partial charge >= 0.3 is 0 Å². The molecule has 0 saturated carbocycles. The number of hydrogen-bond donors (Lipinski definition) is 1. The van der Waals surface area contributed by atoms with E-state index in [4.69, 9.17) is 4.74 Å². The van der Waals surface area contributed by atoms with E-state index in [1.54, 1.807) is 23.1 Å². The number of nitrogens with one attached hydrogen (secondary N) is 1. The van der Waals surface area contributed by atoms with E-state index in [1.807, 2.05) is 60.7 Å². The van der Waals surface area contributed by atoms with Crippen LogP contribution in [-0.2, 0) is 24.2 Å². The Labute approximate surface area is 205 Å². The second-order valence-electron chi connectivity index (χ2n) is 8.57. The number of nitrogens with zero attached hydrogens (tertiary/aromatic N) is 1. The van der Waals surface area contributed by atoms with Gasteiger partial charge in [0, 0.05) is 11.3 Å². The van der Waals surface area contributed by atoms with Crippen LogP contribution in [0.4, 0.5) is 11.4 Å². The zero-order valence-electron chi connectivity index (χ0n) is 19.3. The van der Waals surface area contributed by atoms with Gasteiger partial charge in [-0.25, -0.2) is 0 Å². The van der Waals surface area contributed by atoms with Crippen LogP contribution in [-0.4, -0.2) is 18.4 Å². The van der Waals surface area contributed by atoms with E-state index < -0.39 is 0 Å². The number of aryl methyl sites for hydroxylation is 2. The average Bonchev–Trinajstić information content (AvgIpc) is 2.91. The van der Waals surface area contributed by atoms with Gasteiger partial charge in [0.05, 0.1) is 12.2 Å². The largest absolute Gasteiger partial charge is 0.482 e. The van der Waals surface area contributed by atoms with Gasteiger partial charge in [0.2, 0.25) is 0 Å². The normalized spacial score (nSPS) is 12.6. The Bertz CT molecular complexity index is 1320. The highest BCUT2D eigenvalue weighted by Crippen LogP contribution is 2.34. The molecule has 0 radical (unpaired) electrons. The second-order valence-corrected chi connectivity index (χ2v) is 8.57. The van der Waals surface area contributed by atoms with Crippen molar-refractivity contribution in [3.05, 3.63) is 125 Å². The summed E-state index contributed by atoms with van der Waals surface area (Å²) in [5.74, 6) is 0.204. The maximum atomic E-state index is 12.9. The lowest BCUT2D eigenvalue weighted by atomic mass is 10.0. The Kier molecular flexibility index (Phi) is 6.57. The van der Waals surface area contributed by atoms with Crippen LogP contribution in [0.1, 0.15) is 27.0 Å². The molecule has 0 fully saturated rings. The van der Waals surface area contributed by atoms with E-state index in [0.29, 0.717) is 23.5 Å². The molecule has 4 aromatic rings. The first kappa shape index (κ1) is 22.4. The third-order valence-electron chi connectivity index (χ3n) is 6.11. The van der Waals surface area contributed by atoms with Crippen LogP contribution in [0.15, 0.2) is 103 Å². The van der Waals surface area contributed by atoms with Gasteiger partial charge in [-0.05, 0) is 59.9 Å². The van der Waals surface area contributed by atoms with E-state index in [-0.39, 0.29) is 18.4 Å². The number of rotatable bonds is 7. The molecule has 174 valence electrons. The average molecular weight is 463 g/mol. The summed E-state index contributed by atoms with van der Waals surface area (Å²) in [5, 5.41) is 2.95. The van der Waals surface area contributed by atoms with Crippen molar-refractivity contribution in [3.8, 4) is 5.75 Å². The number of fused-ring (bicyclic) bond motifs is 1. The monoisotopic (exact) mass is 462 g/mol. The number of carbonyl (C=O) groups excluding carboxylic acids is 2. The Hall–Kier alpha value is -4.38. The molecule has 0 aromatic heterocycles. The molecule has 2 amide bonds. The first-order chi connectivity index (χ1) is 17.2. The summed E-state index contributed by atoms with van der Waals surface area (Å²) in [6.07, 6.45) is 1.92. The van der Waals surface area contributed by atoms with Gasteiger partial charge in [0.15, 0.2) is 6.61 Å². The van der Waals surface area contributed by atoms with E-state index >= 15 is 0 Å². The summed E-state index contributed by atoms with van der Waals surface area (Å²) >= 11 is 0. The Morgan fingerprint density at radius 3 is 2.09 bits per heavy atom. The van der Waals surface area contributed by atoms with Gasteiger partial charge in [-0.1, -0.05) is 72.8 Å². The lowest BCUT2D eigenvalue weighted by Gasteiger charge is -2.29. The maximum Gasteiger partial charge on any atom is 0.265 e. The molecule has 1 aliphatic rings. The quantitative estimate of drug-likeness (QED) is 0.386. The van der Waals surface area contributed by atoms with Crippen LogP contribution in [0.2, 0.25) is 0 Å². The van der Waals surface area contributed by atoms with Crippen LogP contribution in [0.25, 0.3) is 0 Å². The molecule has 1 N–H and O–H groups in total. The Morgan fingerprint density at radius 2 is 1.40 bits per heavy atom. The van der Waals surface area contributed by atoms with Gasteiger partial charge in [-0.15, -0.1) is 0 Å². The summed E-state index contributed by atoms with van der Waals surface area (Å²) in [5.41, 5.74) is 5.44. The zero-order valence-corrected chi connectivity index (χ0v) is 19.3. The molecular formula is C30H26N2O3. The standard InChI is InChI=1S/C30H26N2O3/c33-29-21-35-28-19-25(15-18-27(28)32(29)20-24-9-5-2-6-10-24)30(34)31-26-16-13-23(14-17-26)12-11-22-7-3-1-4-8-22/h1-10,13-19H,11-12,20-21H2,(H,31,34). The summed E-state index contributed by atoms with van der Waals surface area (Å²) < 4.78 is 5.65. The minimum Gasteiger partial charge on any atom is -0.482 e. The molecule has 0 aliphatic carbocycles. The van der Waals surface area contributed by atoms with E-state index in [0.717, 1.165) is 24.1 Å². The number of benzene rings is 4. The van der Waals surface area contributed by atoms with Gasteiger partial charge in [0.1, 0.15) is 5.75 Å². The van der Waals surface area contributed by atoms with Crippen molar-refractivity contribution in [2.24, 2.45) is 0 Å². The van der Waals surface area contributed by atoms with Crippen LogP contribution in [0.3, 0.4) is 0 Å². The number of amides is 2. The van der Waals surface area contributed by atoms with Gasteiger partial charge in [-0.2, -0.15) is 0 Å². The van der Waals surface area contributed by atoms with Crippen molar-refractivity contribution in [3.63, 3.8) is 0 Å². The first-order valence-corrected chi connectivity index (χ1v) is 11.7. The molecule has 5 rings (SSSR count).